The highest BCUT2D eigenvalue weighted by Gasteiger charge is 2.07. The predicted molar refractivity (Wildman–Crippen MR) is 48.7 cm³/mol. The van der Waals surface area contributed by atoms with Crippen molar-refractivity contribution in [2.45, 2.75) is 4.90 Å². The maximum absolute atomic E-state index is 13.2. The van der Waals surface area contributed by atoms with Gasteiger partial charge in [-0.1, -0.05) is 0 Å². The van der Waals surface area contributed by atoms with Gasteiger partial charge < -0.3 is 0 Å². The van der Waals surface area contributed by atoms with E-state index in [1.165, 1.54) is 17.4 Å². The van der Waals surface area contributed by atoms with Crippen LogP contribution in [0.15, 0.2) is 28.5 Å². The van der Waals surface area contributed by atoms with Crippen LogP contribution in [0.1, 0.15) is 0 Å². The van der Waals surface area contributed by atoms with Crippen LogP contribution in [-0.2, 0) is 0 Å². The van der Waals surface area contributed by atoms with Gasteiger partial charge in [-0.25, -0.2) is 4.39 Å². The molecule has 12 heavy (non-hydrogen) atoms. The lowest BCUT2D eigenvalue weighted by Crippen LogP contribution is -1.78. The molecule has 1 aromatic carbocycles. The van der Waals surface area contributed by atoms with E-state index in [1.807, 2.05) is 0 Å². The highest BCUT2D eigenvalue weighted by molar-refractivity contribution is 7.94. The SMILES string of the molecule is FSc1ccc2sccc2c1F. The van der Waals surface area contributed by atoms with Crippen LogP contribution < -0.4 is 0 Å². The molecule has 0 atom stereocenters. The number of halogens is 2. The molecule has 0 saturated carbocycles. The fourth-order valence-electron chi connectivity index (χ4n) is 1.05. The van der Waals surface area contributed by atoms with Crippen LogP contribution in [0, 0.1) is 5.82 Å². The molecule has 0 aliphatic carbocycles. The Bertz CT molecular complexity index is 408. The van der Waals surface area contributed by atoms with Crippen molar-refractivity contribution in [2.24, 2.45) is 0 Å². The van der Waals surface area contributed by atoms with E-state index in [0.717, 1.165) is 4.70 Å². The summed E-state index contributed by atoms with van der Waals surface area (Å²) in [6, 6.07) is 4.85. The lowest BCUT2D eigenvalue weighted by molar-refractivity contribution is 0.613. The second-order valence-electron chi connectivity index (χ2n) is 2.29. The topological polar surface area (TPSA) is 0 Å². The van der Waals surface area contributed by atoms with Gasteiger partial charge in [0.1, 0.15) is 5.82 Å². The van der Waals surface area contributed by atoms with Gasteiger partial charge in [-0.2, -0.15) is 3.89 Å². The first-order valence-corrected chi connectivity index (χ1v) is 4.87. The molecule has 1 heterocycles. The molecule has 0 N–H and O–H groups in total. The van der Waals surface area contributed by atoms with Crippen LogP contribution in [0.25, 0.3) is 10.1 Å². The molecule has 0 unspecified atom stereocenters. The molecule has 2 aromatic rings. The highest BCUT2D eigenvalue weighted by Crippen LogP contribution is 2.31. The van der Waals surface area contributed by atoms with Gasteiger partial charge in [-0.05, 0) is 23.6 Å². The van der Waals surface area contributed by atoms with Crippen LogP contribution in [0.3, 0.4) is 0 Å². The zero-order valence-electron chi connectivity index (χ0n) is 5.88. The summed E-state index contributed by atoms with van der Waals surface area (Å²) in [4.78, 5) is 0.0564. The van der Waals surface area contributed by atoms with E-state index in [4.69, 9.17) is 0 Å². The molecule has 0 nitrogen and oxygen atoms in total. The lowest BCUT2D eigenvalue weighted by atomic mass is 10.2. The largest absolute Gasteiger partial charge is 0.205 e. The van der Waals surface area contributed by atoms with Crippen LogP contribution in [0.5, 0.6) is 0 Å². The molecule has 62 valence electrons. The summed E-state index contributed by atoms with van der Waals surface area (Å²) < 4.78 is 26.2. The number of hydrogen-bond acceptors (Lipinski definition) is 2. The maximum atomic E-state index is 13.2. The standard InChI is InChI=1S/C8H4F2S2/c9-8-5-3-4-11-6(5)1-2-7(8)12-10/h1-4H. The predicted octanol–water partition coefficient (Wildman–Crippen LogP) is 4.02. The Morgan fingerprint density at radius 1 is 1.25 bits per heavy atom. The van der Waals surface area contributed by atoms with Crippen LogP contribution in [0.2, 0.25) is 0 Å². The summed E-state index contributed by atoms with van der Waals surface area (Å²) >= 11 is 1.39. The highest BCUT2D eigenvalue weighted by atomic mass is 32.2. The van der Waals surface area contributed by atoms with Crippen LogP contribution in [0.4, 0.5) is 8.28 Å². The number of hydrogen-bond donors (Lipinski definition) is 0. The Hall–Kier alpha value is -0.610. The van der Waals surface area contributed by atoms with E-state index < -0.39 is 5.82 Å². The van der Waals surface area contributed by atoms with E-state index >= 15 is 0 Å². The molecular weight excluding hydrogens is 198 g/mol. The first-order valence-electron chi connectivity index (χ1n) is 3.27. The maximum Gasteiger partial charge on any atom is 0.148 e. The Morgan fingerprint density at radius 2 is 2.08 bits per heavy atom. The van der Waals surface area contributed by atoms with Crippen molar-refractivity contribution in [2.75, 3.05) is 0 Å². The summed E-state index contributed by atoms with van der Waals surface area (Å²) in [6.45, 7) is 0. The Kier molecular flexibility index (Phi) is 2.02. The van der Waals surface area contributed by atoms with Crippen molar-refractivity contribution in [3.05, 3.63) is 29.4 Å². The van der Waals surface area contributed by atoms with Crippen molar-refractivity contribution < 1.29 is 8.28 Å². The second kappa shape index (κ2) is 3.03. The smallest absolute Gasteiger partial charge is 0.148 e. The van der Waals surface area contributed by atoms with Gasteiger partial charge in [0.2, 0.25) is 0 Å². The Morgan fingerprint density at radius 3 is 2.83 bits per heavy atom. The zero-order chi connectivity index (χ0) is 8.55. The fraction of sp³-hybridized carbons (Fsp3) is 0. The molecular formula is C8H4F2S2. The summed E-state index contributed by atoms with van der Waals surface area (Å²) in [5.41, 5.74) is 0. The molecule has 0 fully saturated rings. The van der Waals surface area contributed by atoms with Gasteiger partial charge in [-0.3, -0.25) is 0 Å². The van der Waals surface area contributed by atoms with Crippen molar-refractivity contribution in [1.29, 1.82) is 0 Å². The molecule has 0 radical (unpaired) electrons. The molecule has 2 rings (SSSR count). The minimum Gasteiger partial charge on any atom is -0.205 e. The van der Waals surface area contributed by atoms with Crippen LogP contribution in [-0.4, -0.2) is 0 Å². The first-order chi connectivity index (χ1) is 5.83. The lowest BCUT2D eigenvalue weighted by Gasteiger charge is -1.96. The van der Waals surface area contributed by atoms with E-state index in [2.05, 4.69) is 0 Å². The third-order valence-corrected chi connectivity index (χ3v) is 2.98. The van der Waals surface area contributed by atoms with Crippen LogP contribution >= 0.6 is 23.5 Å². The second-order valence-corrected chi connectivity index (χ2v) is 3.83. The average Bonchev–Trinajstić information content (AvgIpc) is 2.53. The quantitative estimate of drug-likeness (QED) is 0.673. The summed E-state index contributed by atoms with van der Waals surface area (Å²) in [5.74, 6) is -0.457. The molecule has 0 saturated heterocycles. The third-order valence-electron chi connectivity index (χ3n) is 1.62. The van der Waals surface area contributed by atoms with Gasteiger partial charge >= 0.3 is 0 Å². The molecule has 1 aromatic heterocycles. The van der Waals surface area contributed by atoms with Crippen molar-refractivity contribution >= 4 is 33.6 Å². The Labute approximate surface area is 76.5 Å². The van der Waals surface area contributed by atoms with Crippen molar-refractivity contribution in [3.8, 4) is 0 Å². The van der Waals surface area contributed by atoms with E-state index in [-0.39, 0.29) is 17.0 Å². The minimum absolute atomic E-state index is 0.0564. The van der Waals surface area contributed by atoms with Crippen molar-refractivity contribution in [3.63, 3.8) is 0 Å². The Balaban J connectivity index is 2.78. The number of benzene rings is 1. The van der Waals surface area contributed by atoms with E-state index in [0.29, 0.717) is 5.39 Å². The number of fused-ring (bicyclic) bond motifs is 1. The molecule has 4 heteroatoms. The van der Waals surface area contributed by atoms with Gasteiger partial charge in [0.05, 0.1) is 17.0 Å². The average molecular weight is 202 g/mol. The molecule has 0 aliphatic rings. The van der Waals surface area contributed by atoms with Gasteiger partial charge in [0.15, 0.2) is 0 Å². The minimum atomic E-state index is -0.457. The van der Waals surface area contributed by atoms with Crippen molar-refractivity contribution in [1.82, 2.24) is 0 Å². The number of thiophene rings is 1. The van der Waals surface area contributed by atoms with E-state index in [9.17, 15) is 8.28 Å². The number of rotatable bonds is 1. The summed E-state index contributed by atoms with van der Waals surface area (Å²) in [7, 11) is 0. The van der Waals surface area contributed by atoms with Gasteiger partial charge in [0.25, 0.3) is 0 Å². The summed E-state index contributed by atoms with van der Waals surface area (Å²) in [6.07, 6.45) is 0. The molecule has 0 amide bonds. The molecule has 0 spiro atoms. The molecule has 0 bridgehead atoms. The third kappa shape index (κ3) is 1.11. The first kappa shape index (κ1) is 8.01. The van der Waals surface area contributed by atoms with Gasteiger partial charge in [-0.15, -0.1) is 11.3 Å². The monoisotopic (exact) mass is 202 g/mol. The summed E-state index contributed by atoms with van der Waals surface area (Å²) in [5, 5.41) is 2.29. The van der Waals surface area contributed by atoms with Gasteiger partial charge in [0, 0.05) is 10.1 Å². The molecule has 0 aliphatic heterocycles. The van der Waals surface area contributed by atoms with E-state index in [1.54, 1.807) is 17.5 Å². The fourth-order valence-corrected chi connectivity index (χ4v) is 2.13. The zero-order valence-corrected chi connectivity index (χ0v) is 7.51. The normalized spacial score (nSPS) is 10.8.